The van der Waals surface area contributed by atoms with Gasteiger partial charge in [-0.25, -0.2) is 4.98 Å². The number of aromatic nitrogens is 4. The van der Waals surface area contributed by atoms with E-state index in [-0.39, 0.29) is 11.9 Å². The molecule has 142 valence electrons. The molecule has 1 fully saturated rings. The number of aryl methyl sites for hydroxylation is 1. The van der Waals surface area contributed by atoms with Gasteiger partial charge < -0.3 is 9.30 Å². The summed E-state index contributed by atoms with van der Waals surface area (Å²) in [6.07, 6.45) is 2.47. The Morgan fingerprint density at radius 1 is 1.48 bits per heavy atom. The molecule has 4 heterocycles. The van der Waals surface area contributed by atoms with Crippen molar-refractivity contribution in [3.8, 4) is 10.7 Å². The molecule has 0 amide bonds. The number of Topliss-reactive ketones (excluding diaryl/α,β-unsaturated/α-hetero) is 1. The van der Waals surface area contributed by atoms with Crippen LogP contribution in [-0.2, 0) is 11.3 Å². The van der Waals surface area contributed by atoms with Gasteiger partial charge in [0.15, 0.2) is 11.6 Å². The largest absolute Gasteiger partial charge is 0.376 e. The lowest BCUT2D eigenvalue weighted by atomic mass is 10.2. The molecule has 0 bridgehead atoms. The predicted molar refractivity (Wildman–Crippen MR) is 108 cm³/mol. The van der Waals surface area contributed by atoms with Crippen LogP contribution in [0.2, 0.25) is 0 Å². The van der Waals surface area contributed by atoms with Crippen LogP contribution < -0.4 is 0 Å². The number of nitrogens with one attached hydrogen (secondary N) is 1. The summed E-state index contributed by atoms with van der Waals surface area (Å²) in [5.74, 6) is 1.18. The summed E-state index contributed by atoms with van der Waals surface area (Å²) >= 11 is 2.97. The van der Waals surface area contributed by atoms with E-state index < -0.39 is 0 Å². The third-order valence-corrected chi connectivity index (χ3v) is 6.56. The van der Waals surface area contributed by atoms with Crippen LogP contribution in [0.1, 0.15) is 34.6 Å². The number of carbonyl (C=O) groups excluding carboxylic acids is 1. The lowest BCUT2D eigenvalue weighted by molar-refractivity contribution is 0.0957. The van der Waals surface area contributed by atoms with E-state index in [9.17, 15) is 4.79 Å². The minimum atomic E-state index is 0.106. The molecule has 0 aliphatic carbocycles. The Hall–Kier alpha value is -1.90. The highest BCUT2D eigenvalue weighted by Gasteiger charge is 2.21. The van der Waals surface area contributed by atoms with Gasteiger partial charge in [-0.15, -0.1) is 16.4 Å². The van der Waals surface area contributed by atoms with Crippen LogP contribution in [0.15, 0.2) is 28.7 Å². The molecule has 4 rings (SSSR count). The Balaban J connectivity index is 1.41. The average Bonchev–Trinajstić information content (AvgIpc) is 3.43. The average molecular weight is 403 g/mol. The van der Waals surface area contributed by atoms with Gasteiger partial charge in [0.25, 0.3) is 0 Å². The molecule has 1 N–H and O–H groups in total. The number of aromatic amines is 1. The van der Waals surface area contributed by atoms with Crippen molar-refractivity contribution < 1.29 is 9.53 Å². The molecule has 0 saturated carbocycles. The Kier molecular flexibility index (Phi) is 5.47. The van der Waals surface area contributed by atoms with Gasteiger partial charge in [0.05, 0.1) is 16.7 Å². The van der Waals surface area contributed by atoms with Gasteiger partial charge in [-0.3, -0.25) is 9.89 Å². The second-order valence-electron chi connectivity index (χ2n) is 6.69. The van der Waals surface area contributed by atoms with Gasteiger partial charge >= 0.3 is 0 Å². The van der Waals surface area contributed by atoms with Crippen LogP contribution in [0.5, 0.6) is 0 Å². The van der Waals surface area contributed by atoms with Crippen LogP contribution in [0.25, 0.3) is 10.7 Å². The fourth-order valence-corrected chi connectivity index (χ4v) is 4.74. The van der Waals surface area contributed by atoms with E-state index >= 15 is 0 Å². The first-order valence-electron chi connectivity index (χ1n) is 9.02. The molecule has 3 aromatic rings. The van der Waals surface area contributed by atoms with Crippen LogP contribution >= 0.6 is 23.1 Å². The lowest BCUT2D eigenvalue weighted by Crippen LogP contribution is -2.17. The summed E-state index contributed by atoms with van der Waals surface area (Å²) in [6, 6.07) is 5.96. The minimum absolute atomic E-state index is 0.106. The van der Waals surface area contributed by atoms with E-state index in [1.54, 1.807) is 11.3 Å². The van der Waals surface area contributed by atoms with Crippen molar-refractivity contribution in [2.75, 3.05) is 12.4 Å². The van der Waals surface area contributed by atoms with Crippen molar-refractivity contribution in [3.63, 3.8) is 0 Å². The maximum Gasteiger partial charge on any atom is 0.209 e. The summed E-state index contributed by atoms with van der Waals surface area (Å²) < 4.78 is 7.95. The van der Waals surface area contributed by atoms with E-state index in [2.05, 4.69) is 26.7 Å². The molecular formula is C19H22N4O2S2. The van der Waals surface area contributed by atoms with Gasteiger partial charge in [0.1, 0.15) is 0 Å². The number of thioether (sulfide) groups is 1. The molecule has 0 radical (unpaired) electrons. The number of rotatable bonds is 7. The number of ether oxygens (including phenoxy) is 1. The molecule has 0 spiro atoms. The minimum Gasteiger partial charge on any atom is -0.376 e. The molecule has 1 saturated heterocycles. The molecule has 1 aliphatic heterocycles. The highest BCUT2D eigenvalue weighted by Crippen LogP contribution is 2.25. The topological polar surface area (TPSA) is 72.8 Å². The number of hydrogen-bond donors (Lipinski definition) is 1. The molecule has 3 aromatic heterocycles. The van der Waals surface area contributed by atoms with Gasteiger partial charge in [0.2, 0.25) is 5.16 Å². The van der Waals surface area contributed by atoms with Crippen molar-refractivity contribution in [3.05, 3.63) is 40.5 Å². The maximum absolute atomic E-state index is 12.7. The van der Waals surface area contributed by atoms with E-state index in [4.69, 9.17) is 4.74 Å². The van der Waals surface area contributed by atoms with Crippen molar-refractivity contribution >= 4 is 28.9 Å². The zero-order chi connectivity index (χ0) is 18.8. The molecule has 0 unspecified atom stereocenters. The van der Waals surface area contributed by atoms with E-state index in [0.717, 1.165) is 53.6 Å². The molecular weight excluding hydrogens is 380 g/mol. The quantitative estimate of drug-likeness (QED) is 0.476. The maximum atomic E-state index is 12.7. The third-order valence-electron chi connectivity index (χ3n) is 4.84. The van der Waals surface area contributed by atoms with Crippen LogP contribution in [-0.4, -0.2) is 44.0 Å². The van der Waals surface area contributed by atoms with Crippen molar-refractivity contribution in [1.82, 2.24) is 19.7 Å². The normalized spacial score (nSPS) is 16.9. The van der Waals surface area contributed by atoms with Gasteiger partial charge in [0, 0.05) is 30.1 Å². The van der Waals surface area contributed by atoms with Gasteiger partial charge in [-0.1, -0.05) is 17.8 Å². The van der Waals surface area contributed by atoms with E-state index in [1.165, 1.54) is 11.8 Å². The van der Waals surface area contributed by atoms with Crippen LogP contribution in [0.3, 0.4) is 0 Å². The summed E-state index contributed by atoms with van der Waals surface area (Å²) in [5, 5.41) is 9.74. The molecule has 1 aliphatic rings. The second-order valence-corrected chi connectivity index (χ2v) is 8.58. The van der Waals surface area contributed by atoms with Crippen molar-refractivity contribution in [2.24, 2.45) is 0 Å². The second kappa shape index (κ2) is 8.00. The van der Waals surface area contributed by atoms with Gasteiger partial charge in [-0.2, -0.15) is 0 Å². The van der Waals surface area contributed by atoms with Crippen molar-refractivity contribution in [2.45, 2.75) is 44.5 Å². The van der Waals surface area contributed by atoms with Crippen LogP contribution in [0, 0.1) is 13.8 Å². The third kappa shape index (κ3) is 4.02. The molecule has 8 heteroatoms. The van der Waals surface area contributed by atoms with Gasteiger partial charge in [-0.05, 0) is 44.2 Å². The summed E-state index contributed by atoms with van der Waals surface area (Å²) in [7, 11) is 0. The standard InChI is InChI=1S/C19H22N4O2S2/c1-12-9-15(13(2)23(12)10-14-5-3-7-25-14)16(24)11-27-19-20-18(21-22-19)17-6-4-8-26-17/h4,6,8-9,14H,3,5,7,10-11H2,1-2H3,(H,20,21,22)/t14-/m1/s1. The monoisotopic (exact) mass is 402 g/mol. The molecule has 6 nitrogen and oxygen atoms in total. The summed E-state index contributed by atoms with van der Waals surface area (Å²) in [5.41, 5.74) is 2.91. The van der Waals surface area contributed by atoms with Crippen molar-refractivity contribution in [1.29, 1.82) is 0 Å². The number of carbonyl (C=O) groups is 1. The first-order valence-corrected chi connectivity index (χ1v) is 10.9. The highest BCUT2D eigenvalue weighted by atomic mass is 32.2. The number of hydrogen-bond acceptors (Lipinski definition) is 6. The molecule has 0 aromatic carbocycles. The number of H-pyrrole nitrogens is 1. The van der Waals surface area contributed by atoms with E-state index in [1.807, 2.05) is 30.5 Å². The number of nitrogens with zero attached hydrogens (tertiary/aromatic N) is 3. The zero-order valence-electron chi connectivity index (χ0n) is 15.4. The first-order chi connectivity index (χ1) is 13.1. The van der Waals surface area contributed by atoms with Crippen LogP contribution in [0.4, 0.5) is 0 Å². The van der Waals surface area contributed by atoms with E-state index in [0.29, 0.717) is 10.9 Å². The first kappa shape index (κ1) is 18.5. The Morgan fingerprint density at radius 2 is 2.37 bits per heavy atom. The summed E-state index contributed by atoms with van der Waals surface area (Å²) in [4.78, 5) is 18.3. The highest BCUT2D eigenvalue weighted by molar-refractivity contribution is 7.99. The number of thiophene rings is 1. The summed E-state index contributed by atoms with van der Waals surface area (Å²) in [6.45, 7) is 5.73. The Morgan fingerprint density at radius 3 is 3.11 bits per heavy atom. The Bertz CT molecular complexity index is 924. The predicted octanol–water partition coefficient (Wildman–Crippen LogP) is 4.11. The SMILES string of the molecule is Cc1cc(C(=O)CSc2n[nH]c(-c3cccs3)n2)c(C)n1C[C@H]1CCCO1. The Labute approximate surface area is 166 Å². The lowest BCUT2D eigenvalue weighted by Gasteiger charge is -2.14. The fourth-order valence-electron chi connectivity index (χ4n) is 3.40. The number of ketones is 1. The fraction of sp³-hybridized carbons (Fsp3) is 0.421. The molecule has 27 heavy (non-hydrogen) atoms. The zero-order valence-corrected chi connectivity index (χ0v) is 17.0. The molecule has 1 atom stereocenters. The smallest absolute Gasteiger partial charge is 0.209 e.